The molecule has 1 aliphatic heterocycles. The zero-order valence-electron chi connectivity index (χ0n) is 9.10. The van der Waals surface area contributed by atoms with Crippen LogP contribution in [0.25, 0.3) is 0 Å². The molecule has 0 aliphatic carbocycles. The summed E-state index contributed by atoms with van der Waals surface area (Å²) in [5, 5.41) is 10.0. The number of thiazole rings is 1. The third kappa shape index (κ3) is 3.09. The monoisotopic (exact) mass is 296 g/mol. The van der Waals surface area contributed by atoms with E-state index >= 15 is 0 Å². The van der Waals surface area contributed by atoms with Crippen LogP contribution in [0.15, 0.2) is 0 Å². The van der Waals surface area contributed by atoms with Crippen LogP contribution in [0.4, 0.5) is 5.13 Å². The number of hydrogen-bond donors (Lipinski definition) is 1. The Balaban J connectivity index is 2.16. The van der Waals surface area contributed by atoms with Crippen LogP contribution in [-0.2, 0) is 16.4 Å². The first-order chi connectivity index (χ1) is 8.02. The van der Waals surface area contributed by atoms with Crippen molar-refractivity contribution in [3.63, 3.8) is 0 Å². The van der Waals surface area contributed by atoms with Crippen LogP contribution in [0.1, 0.15) is 11.3 Å². The standard InChI is InChI=1S/C9H13ClN2O3S2/c10-8-7(6-13)16-9(11-8)12-2-1-4-17(14,15)5-3-12/h13H,1-6H2. The van der Waals surface area contributed by atoms with E-state index in [1.807, 2.05) is 4.90 Å². The number of aliphatic hydroxyl groups excluding tert-OH is 1. The first kappa shape index (κ1) is 13.1. The van der Waals surface area contributed by atoms with Gasteiger partial charge in [-0.3, -0.25) is 0 Å². The van der Waals surface area contributed by atoms with Gasteiger partial charge >= 0.3 is 0 Å². The third-order valence-electron chi connectivity index (χ3n) is 2.61. The maximum absolute atomic E-state index is 11.5. The second-order valence-corrected chi connectivity index (χ2v) is 7.58. The molecule has 5 nitrogen and oxygen atoms in total. The van der Waals surface area contributed by atoms with E-state index in [0.29, 0.717) is 34.7 Å². The molecule has 2 rings (SSSR count). The van der Waals surface area contributed by atoms with Crippen molar-refractivity contribution >= 4 is 37.9 Å². The molecule has 1 fully saturated rings. The topological polar surface area (TPSA) is 70.5 Å². The van der Waals surface area contributed by atoms with Crippen LogP contribution < -0.4 is 4.90 Å². The number of aromatic nitrogens is 1. The normalized spacial score (nSPS) is 20.2. The van der Waals surface area contributed by atoms with E-state index in [9.17, 15) is 8.42 Å². The molecule has 0 bridgehead atoms. The largest absolute Gasteiger partial charge is 0.391 e. The van der Waals surface area contributed by atoms with Crippen molar-refractivity contribution < 1.29 is 13.5 Å². The minimum Gasteiger partial charge on any atom is -0.391 e. The molecule has 0 unspecified atom stereocenters. The number of sulfone groups is 1. The summed E-state index contributed by atoms with van der Waals surface area (Å²) >= 11 is 7.17. The van der Waals surface area contributed by atoms with Gasteiger partial charge in [0.2, 0.25) is 0 Å². The number of hydrogen-bond acceptors (Lipinski definition) is 6. The fourth-order valence-corrected chi connectivity index (χ4v) is 4.12. The van der Waals surface area contributed by atoms with E-state index in [1.165, 1.54) is 11.3 Å². The Hall–Kier alpha value is -0.370. The van der Waals surface area contributed by atoms with Crippen LogP contribution >= 0.6 is 22.9 Å². The van der Waals surface area contributed by atoms with E-state index in [0.717, 1.165) is 0 Å². The average Bonchev–Trinajstić information content (AvgIpc) is 2.54. The second kappa shape index (κ2) is 5.09. The highest BCUT2D eigenvalue weighted by molar-refractivity contribution is 7.91. The summed E-state index contributed by atoms with van der Waals surface area (Å²) in [5.41, 5.74) is 0. The van der Waals surface area contributed by atoms with Gasteiger partial charge in [-0.05, 0) is 6.42 Å². The average molecular weight is 297 g/mol. The molecule has 0 atom stereocenters. The molecule has 1 N–H and O–H groups in total. The third-order valence-corrected chi connectivity index (χ3v) is 5.85. The van der Waals surface area contributed by atoms with Crippen LogP contribution in [0, 0.1) is 0 Å². The first-order valence-corrected chi connectivity index (χ1v) is 8.25. The molecule has 1 aromatic rings. The number of halogens is 1. The number of aliphatic hydroxyl groups is 1. The van der Waals surface area contributed by atoms with Crippen LogP contribution in [-0.4, -0.2) is 43.1 Å². The lowest BCUT2D eigenvalue weighted by atomic mass is 10.4. The molecule has 0 aromatic carbocycles. The predicted octanol–water partition coefficient (Wildman–Crippen LogP) is 0.914. The summed E-state index contributed by atoms with van der Waals surface area (Å²) in [4.78, 5) is 6.69. The molecular weight excluding hydrogens is 284 g/mol. The molecule has 0 spiro atoms. The minimum atomic E-state index is -2.92. The lowest BCUT2D eigenvalue weighted by Crippen LogP contribution is -2.26. The van der Waals surface area contributed by atoms with Crippen molar-refractivity contribution in [2.45, 2.75) is 13.0 Å². The first-order valence-electron chi connectivity index (χ1n) is 5.23. The summed E-state index contributed by atoms with van der Waals surface area (Å²) in [5.74, 6) is 0.383. The Morgan fingerprint density at radius 2 is 2.18 bits per heavy atom. The van der Waals surface area contributed by atoms with Crippen molar-refractivity contribution in [2.24, 2.45) is 0 Å². The molecule has 1 aliphatic rings. The number of rotatable bonds is 2. The van der Waals surface area contributed by atoms with Gasteiger partial charge in [0.25, 0.3) is 0 Å². The van der Waals surface area contributed by atoms with Gasteiger partial charge in [-0.1, -0.05) is 22.9 Å². The highest BCUT2D eigenvalue weighted by Gasteiger charge is 2.22. The number of anilines is 1. The van der Waals surface area contributed by atoms with Crippen molar-refractivity contribution in [3.8, 4) is 0 Å². The molecule has 0 saturated carbocycles. The molecule has 2 heterocycles. The molecule has 96 valence electrons. The Labute approximate surface area is 109 Å². The van der Waals surface area contributed by atoms with E-state index in [-0.39, 0.29) is 18.1 Å². The molecule has 8 heteroatoms. The number of nitrogens with zero attached hydrogens (tertiary/aromatic N) is 2. The Morgan fingerprint density at radius 1 is 1.41 bits per heavy atom. The molecule has 1 aromatic heterocycles. The summed E-state index contributed by atoms with van der Waals surface area (Å²) in [7, 11) is -2.92. The highest BCUT2D eigenvalue weighted by atomic mass is 35.5. The summed E-state index contributed by atoms with van der Waals surface area (Å²) in [6.45, 7) is 0.966. The maximum Gasteiger partial charge on any atom is 0.187 e. The fraction of sp³-hybridized carbons (Fsp3) is 0.667. The van der Waals surface area contributed by atoms with Crippen molar-refractivity contribution in [3.05, 3.63) is 10.0 Å². The summed E-state index contributed by atoms with van der Waals surface area (Å²) in [6.07, 6.45) is 0.605. The van der Waals surface area contributed by atoms with Crippen LogP contribution in [0.2, 0.25) is 5.15 Å². The minimum absolute atomic E-state index is 0.136. The Kier molecular flexibility index (Phi) is 3.92. The van der Waals surface area contributed by atoms with Crippen LogP contribution in [0.3, 0.4) is 0 Å². The second-order valence-electron chi connectivity index (χ2n) is 3.86. The molecule has 1 saturated heterocycles. The molecule has 0 radical (unpaired) electrons. The molecule has 0 amide bonds. The smallest absolute Gasteiger partial charge is 0.187 e. The van der Waals surface area contributed by atoms with Gasteiger partial charge in [-0.2, -0.15) is 0 Å². The maximum atomic E-state index is 11.5. The SMILES string of the molecule is O=S1(=O)CCCN(c2nc(Cl)c(CO)s2)CC1. The predicted molar refractivity (Wildman–Crippen MR) is 68.5 cm³/mol. The quantitative estimate of drug-likeness (QED) is 0.878. The van der Waals surface area contributed by atoms with Crippen LogP contribution in [0.5, 0.6) is 0 Å². The van der Waals surface area contributed by atoms with Gasteiger partial charge in [0, 0.05) is 13.1 Å². The van der Waals surface area contributed by atoms with E-state index in [1.54, 1.807) is 0 Å². The molecular formula is C9H13ClN2O3S2. The Morgan fingerprint density at radius 3 is 2.82 bits per heavy atom. The van der Waals surface area contributed by atoms with E-state index in [4.69, 9.17) is 16.7 Å². The fourth-order valence-electron chi connectivity index (χ4n) is 1.68. The van der Waals surface area contributed by atoms with Gasteiger partial charge in [0.05, 0.1) is 23.0 Å². The van der Waals surface area contributed by atoms with Crippen molar-refractivity contribution in [1.82, 2.24) is 4.98 Å². The summed E-state index contributed by atoms with van der Waals surface area (Å²) < 4.78 is 22.9. The van der Waals surface area contributed by atoms with E-state index in [2.05, 4.69) is 4.98 Å². The van der Waals surface area contributed by atoms with Gasteiger partial charge in [0.1, 0.15) is 5.15 Å². The zero-order chi connectivity index (χ0) is 12.5. The lowest BCUT2D eigenvalue weighted by molar-refractivity contribution is 0.285. The van der Waals surface area contributed by atoms with Gasteiger partial charge < -0.3 is 10.0 Å². The van der Waals surface area contributed by atoms with Gasteiger partial charge in [0.15, 0.2) is 15.0 Å². The lowest BCUT2D eigenvalue weighted by Gasteiger charge is -2.17. The van der Waals surface area contributed by atoms with Gasteiger partial charge in [-0.15, -0.1) is 0 Å². The van der Waals surface area contributed by atoms with E-state index < -0.39 is 9.84 Å². The van der Waals surface area contributed by atoms with Crippen molar-refractivity contribution in [2.75, 3.05) is 29.5 Å². The van der Waals surface area contributed by atoms with Gasteiger partial charge in [-0.25, -0.2) is 13.4 Å². The summed E-state index contributed by atoms with van der Waals surface area (Å²) in [6, 6.07) is 0. The van der Waals surface area contributed by atoms with Crippen molar-refractivity contribution in [1.29, 1.82) is 0 Å². The zero-order valence-corrected chi connectivity index (χ0v) is 11.5. The molecule has 17 heavy (non-hydrogen) atoms. The Bertz CT molecular complexity index is 500. The highest BCUT2D eigenvalue weighted by Crippen LogP contribution is 2.30.